The van der Waals surface area contributed by atoms with E-state index < -0.39 is 11.5 Å². The van der Waals surface area contributed by atoms with Crippen molar-refractivity contribution in [1.82, 2.24) is 29.8 Å². The fourth-order valence-corrected chi connectivity index (χ4v) is 2.56. The Morgan fingerprint density at radius 2 is 2.10 bits per heavy atom. The smallest absolute Gasteiger partial charge is 0.286 e. The van der Waals surface area contributed by atoms with Gasteiger partial charge >= 0.3 is 0 Å². The summed E-state index contributed by atoms with van der Waals surface area (Å²) in [5.74, 6) is -0.140. The minimum atomic E-state index is -0.437. The molecule has 2 aromatic heterocycles. The summed E-state index contributed by atoms with van der Waals surface area (Å²) < 4.78 is 1.15. The maximum atomic E-state index is 12.1. The van der Waals surface area contributed by atoms with Crippen LogP contribution in [0.15, 0.2) is 17.3 Å². The highest BCUT2D eigenvalue weighted by Crippen LogP contribution is 2.07. The number of likely N-dealkylation sites (tertiary alicyclic amines) is 1. The quantitative estimate of drug-likeness (QED) is 0.801. The van der Waals surface area contributed by atoms with Crippen LogP contribution in [0, 0.1) is 0 Å². The third kappa shape index (κ3) is 2.94. The van der Waals surface area contributed by atoms with E-state index in [0.717, 1.165) is 24.1 Å². The molecule has 0 atom stereocenters. The zero-order chi connectivity index (χ0) is 14.7. The Hall–Kier alpha value is -2.22. The molecule has 21 heavy (non-hydrogen) atoms. The summed E-state index contributed by atoms with van der Waals surface area (Å²) in [7, 11) is 0. The molecule has 3 heterocycles. The third-order valence-electron chi connectivity index (χ3n) is 3.72. The molecule has 2 N–H and O–H groups in total. The molecule has 1 amide bonds. The van der Waals surface area contributed by atoms with Crippen molar-refractivity contribution in [2.75, 3.05) is 26.2 Å². The van der Waals surface area contributed by atoms with Crippen molar-refractivity contribution in [2.24, 2.45) is 0 Å². The van der Waals surface area contributed by atoms with Crippen LogP contribution in [0.2, 0.25) is 0 Å². The van der Waals surface area contributed by atoms with Crippen LogP contribution in [0.5, 0.6) is 0 Å². The monoisotopic (exact) mass is 290 g/mol. The Morgan fingerprint density at radius 1 is 1.29 bits per heavy atom. The third-order valence-corrected chi connectivity index (χ3v) is 3.72. The van der Waals surface area contributed by atoms with Gasteiger partial charge in [0.1, 0.15) is 11.9 Å². The fourth-order valence-electron chi connectivity index (χ4n) is 2.56. The lowest BCUT2D eigenvalue weighted by molar-refractivity contribution is 0.0944. The molecule has 0 bridgehead atoms. The summed E-state index contributed by atoms with van der Waals surface area (Å²) in [4.78, 5) is 34.3. The van der Waals surface area contributed by atoms with E-state index >= 15 is 0 Å². The Balaban J connectivity index is 1.61. The number of fused-ring (bicyclic) bond motifs is 1. The molecule has 3 rings (SSSR count). The number of amides is 1. The molecule has 1 aliphatic rings. The second-order valence-corrected chi connectivity index (χ2v) is 5.16. The molecule has 1 aliphatic heterocycles. The maximum Gasteiger partial charge on any atom is 0.286 e. The van der Waals surface area contributed by atoms with Gasteiger partial charge in [0.25, 0.3) is 17.2 Å². The number of H-pyrrole nitrogens is 1. The largest absolute Gasteiger partial charge is 0.351 e. The van der Waals surface area contributed by atoms with Crippen LogP contribution in [-0.2, 0) is 0 Å². The average Bonchev–Trinajstić information content (AvgIpc) is 2.98. The van der Waals surface area contributed by atoms with Gasteiger partial charge in [-0.25, -0.2) is 9.97 Å². The lowest BCUT2D eigenvalue weighted by atomic mass is 10.1. The van der Waals surface area contributed by atoms with Gasteiger partial charge in [-0.15, -0.1) is 0 Å². The van der Waals surface area contributed by atoms with Crippen molar-refractivity contribution in [1.29, 1.82) is 0 Å². The predicted molar refractivity (Wildman–Crippen MR) is 76.2 cm³/mol. The zero-order valence-electron chi connectivity index (χ0n) is 11.7. The Bertz CT molecular complexity index is 685. The normalized spacial score (nSPS) is 16.2. The van der Waals surface area contributed by atoms with Crippen LogP contribution < -0.4 is 10.9 Å². The fraction of sp³-hybridized carbons (Fsp3) is 0.538. The van der Waals surface area contributed by atoms with Gasteiger partial charge in [-0.2, -0.15) is 4.52 Å². The number of nitrogens with zero attached hydrogens (tertiary/aromatic N) is 4. The van der Waals surface area contributed by atoms with Gasteiger partial charge in [0, 0.05) is 19.3 Å². The number of aromatic nitrogens is 4. The van der Waals surface area contributed by atoms with E-state index in [0.29, 0.717) is 6.54 Å². The van der Waals surface area contributed by atoms with Crippen molar-refractivity contribution < 1.29 is 4.79 Å². The second kappa shape index (κ2) is 6.04. The van der Waals surface area contributed by atoms with Crippen molar-refractivity contribution in [2.45, 2.75) is 19.3 Å². The summed E-state index contributed by atoms with van der Waals surface area (Å²) in [6, 6.07) is 0. The number of hydrogen-bond acceptors (Lipinski definition) is 5. The van der Waals surface area contributed by atoms with E-state index in [1.54, 1.807) is 0 Å². The van der Waals surface area contributed by atoms with Crippen molar-refractivity contribution in [3.8, 4) is 0 Å². The van der Waals surface area contributed by atoms with E-state index in [9.17, 15) is 9.59 Å². The molecule has 8 heteroatoms. The first kappa shape index (κ1) is 13.7. The molecule has 0 saturated carbocycles. The van der Waals surface area contributed by atoms with Gasteiger partial charge in [-0.1, -0.05) is 6.42 Å². The SMILES string of the molecule is O=C(NCCN1CCCCC1)c1cnc2nc[nH]n2c1=O. The van der Waals surface area contributed by atoms with Crippen LogP contribution in [0.25, 0.3) is 5.78 Å². The first-order chi connectivity index (χ1) is 10.3. The van der Waals surface area contributed by atoms with Crippen LogP contribution in [-0.4, -0.2) is 56.6 Å². The topological polar surface area (TPSA) is 95.4 Å². The van der Waals surface area contributed by atoms with Crippen LogP contribution >= 0.6 is 0 Å². The first-order valence-electron chi connectivity index (χ1n) is 7.17. The van der Waals surface area contributed by atoms with Gasteiger partial charge in [-0.3, -0.25) is 14.7 Å². The number of carbonyl (C=O) groups excluding carboxylic acids is 1. The minimum Gasteiger partial charge on any atom is -0.351 e. The summed E-state index contributed by atoms with van der Waals surface area (Å²) >= 11 is 0. The highest BCUT2D eigenvalue weighted by Gasteiger charge is 2.15. The van der Waals surface area contributed by atoms with E-state index in [-0.39, 0.29) is 11.3 Å². The minimum absolute atomic E-state index is 0.0235. The van der Waals surface area contributed by atoms with Crippen molar-refractivity contribution in [3.63, 3.8) is 0 Å². The van der Waals surface area contributed by atoms with Crippen LogP contribution in [0.3, 0.4) is 0 Å². The lowest BCUT2D eigenvalue weighted by Crippen LogP contribution is -2.39. The van der Waals surface area contributed by atoms with Gasteiger partial charge in [0.15, 0.2) is 0 Å². The standard InChI is InChI=1S/C13H18N6O2/c20-11(14-4-7-18-5-2-1-3-6-18)10-8-15-13-16-9-17-19(13)12(10)21/h8-9H,1-7H2,(H,14,20)(H,15,16,17). The molecule has 0 spiro atoms. The Labute approximate surface area is 121 Å². The van der Waals surface area contributed by atoms with Crippen LogP contribution in [0.4, 0.5) is 0 Å². The van der Waals surface area contributed by atoms with Crippen LogP contribution in [0.1, 0.15) is 29.6 Å². The summed E-state index contributed by atoms with van der Waals surface area (Å²) in [5, 5.41) is 5.41. The van der Waals surface area contributed by atoms with Gasteiger partial charge in [0.05, 0.1) is 0 Å². The van der Waals surface area contributed by atoms with E-state index in [4.69, 9.17) is 0 Å². The molecule has 112 valence electrons. The Kier molecular flexibility index (Phi) is 3.96. The molecule has 0 aromatic carbocycles. The molecule has 1 fully saturated rings. The highest BCUT2D eigenvalue weighted by atomic mass is 16.2. The summed E-state index contributed by atoms with van der Waals surface area (Å²) in [6.07, 6.45) is 6.36. The summed E-state index contributed by atoms with van der Waals surface area (Å²) in [6.45, 7) is 3.51. The maximum absolute atomic E-state index is 12.1. The number of hydrogen-bond donors (Lipinski definition) is 2. The predicted octanol–water partition coefficient (Wildman–Crippen LogP) is -0.367. The second-order valence-electron chi connectivity index (χ2n) is 5.16. The molecular formula is C13H18N6O2. The molecular weight excluding hydrogens is 272 g/mol. The number of nitrogens with one attached hydrogen (secondary N) is 2. The number of aromatic amines is 1. The van der Waals surface area contributed by atoms with Gasteiger partial charge in [-0.05, 0) is 25.9 Å². The van der Waals surface area contributed by atoms with E-state index in [1.165, 1.54) is 31.8 Å². The number of piperidine rings is 1. The first-order valence-corrected chi connectivity index (χ1v) is 7.17. The van der Waals surface area contributed by atoms with Crippen molar-refractivity contribution in [3.05, 3.63) is 28.4 Å². The van der Waals surface area contributed by atoms with E-state index in [1.807, 2.05) is 0 Å². The highest BCUT2D eigenvalue weighted by molar-refractivity contribution is 5.93. The Morgan fingerprint density at radius 3 is 2.90 bits per heavy atom. The van der Waals surface area contributed by atoms with Crippen molar-refractivity contribution >= 4 is 11.7 Å². The molecule has 0 unspecified atom stereocenters. The average molecular weight is 290 g/mol. The van der Waals surface area contributed by atoms with Gasteiger partial charge in [0.2, 0.25) is 0 Å². The lowest BCUT2D eigenvalue weighted by Gasteiger charge is -2.26. The zero-order valence-corrected chi connectivity index (χ0v) is 11.7. The molecule has 2 aromatic rings. The number of carbonyl (C=O) groups is 1. The van der Waals surface area contributed by atoms with E-state index in [2.05, 4.69) is 25.3 Å². The molecule has 0 aliphatic carbocycles. The summed E-state index contributed by atoms with van der Waals surface area (Å²) in [5.41, 5.74) is -0.414. The molecule has 1 saturated heterocycles. The molecule has 8 nitrogen and oxygen atoms in total. The molecule has 0 radical (unpaired) electrons. The number of rotatable bonds is 4. The van der Waals surface area contributed by atoms with Gasteiger partial charge < -0.3 is 10.2 Å².